The predicted molar refractivity (Wildman–Crippen MR) is 159 cm³/mol. The topological polar surface area (TPSA) is 131 Å². The van der Waals surface area contributed by atoms with Gasteiger partial charge in [0.25, 0.3) is 15.9 Å². The lowest BCUT2D eigenvalue weighted by Gasteiger charge is -2.17. The van der Waals surface area contributed by atoms with Crippen molar-refractivity contribution in [1.82, 2.24) is 4.31 Å². The minimum Gasteiger partial charge on any atom is -0.495 e. The van der Waals surface area contributed by atoms with Crippen molar-refractivity contribution in [1.29, 1.82) is 0 Å². The minimum absolute atomic E-state index is 0.0110. The second-order valence-electron chi connectivity index (χ2n) is 8.76. The number of hydrogen-bond acceptors (Lipinski definition) is 7. The van der Waals surface area contributed by atoms with Crippen LogP contribution in [0.4, 0.5) is 11.4 Å². The average Bonchev–Trinajstić information content (AvgIpc) is 3.46. The van der Waals surface area contributed by atoms with Crippen LogP contribution in [-0.2, 0) is 20.0 Å². The quantitative estimate of drug-likeness (QED) is 0.277. The van der Waals surface area contributed by atoms with Crippen LogP contribution in [0.15, 0.2) is 52.3 Å². The number of ether oxygens (including phenoxy) is 2. The van der Waals surface area contributed by atoms with Crippen molar-refractivity contribution in [3.8, 4) is 11.5 Å². The third-order valence-corrected chi connectivity index (χ3v) is 10.8. The molecule has 0 aromatic heterocycles. The lowest BCUT2D eigenvalue weighted by atomic mass is 10.2. The van der Waals surface area contributed by atoms with Crippen molar-refractivity contribution >= 4 is 83.7 Å². The molecule has 4 rings (SSSR count). The van der Waals surface area contributed by atoms with Gasteiger partial charge in [-0.25, -0.2) is 16.8 Å². The summed E-state index contributed by atoms with van der Waals surface area (Å²) >= 11 is 24.9. The average molecular weight is 683 g/mol. The summed E-state index contributed by atoms with van der Waals surface area (Å²) in [5, 5.41) is 2.25. The van der Waals surface area contributed by atoms with Crippen molar-refractivity contribution in [3.05, 3.63) is 68.1 Å². The van der Waals surface area contributed by atoms with Crippen molar-refractivity contribution in [2.24, 2.45) is 0 Å². The number of hydrogen-bond donors (Lipinski definition) is 2. The van der Waals surface area contributed by atoms with Gasteiger partial charge in [-0.2, -0.15) is 4.31 Å². The van der Waals surface area contributed by atoms with E-state index in [1.807, 2.05) is 0 Å². The number of benzene rings is 3. The Hall–Kier alpha value is -2.45. The molecule has 10 nitrogen and oxygen atoms in total. The van der Waals surface area contributed by atoms with Crippen molar-refractivity contribution in [2.45, 2.75) is 22.6 Å². The number of carbonyl (C=O) groups excluding carboxylic acids is 1. The molecule has 220 valence electrons. The number of nitrogens with one attached hydrogen (secondary N) is 2. The number of amides is 1. The van der Waals surface area contributed by atoms with Gasteiger partial charge in [0, 0.05) is 19.2 Å². The van der Waals surface area contributed by atoms with Gasteiger partial charge in [-0.1, -0.05) is 46.4 Å². The molecule has 0 atom stereocenters. The van der Waals surface area contributed by atoms with E-state index in [0.717, 1.165) is 25.0 Å². The normalized spacial score (nSPS) is 14.1. The van der Waals surface area contributed by atoms with Crippen LogP contribution in [0.1, 0.15) is 23.2 Å². The molecule has 1 aliphatic rings. The van der Waals surface area contributed by atoms with Crippen molar-refractivity contribution in [3.63, 3.8) is 0 Å². The maximum atomic E-state index is 13.3. The smallest absolute Gasteiger partial charge is 0.263 e. The molecular formula is C25H23Cl4N3O7S2. The Morgan fingerprint density at radius 3 is 2.07 bits per heavy atom. The van der Waals surface area contributed by atoms with Crippen LogP contribution in [0, 0.1) is 0 Å². The van der Waals surface area contributed by atoms with Crippen LogP contribution >= 0.6 is 46.4 Å². The highest BCUT2D eigenvalue weighted by Gasteiger charge is 2.29. The van der Waals surface area contributed by atoms with E-state index in [1.54, 1.807) is 0 Å². The van der Waals surface area contributed by atoms with Crippen LogP contribution in [0.5, 0.6) is 11.5 Å². The first-order valence-corrected chi connectivity index (χ1v) is 16.3. The lowest BCUT2D eigenvalue weighted by molar-refractivity contribution is 0.102. The molecule has 1 heterocycles. The van der Waals surface area contributed by atoms with E-state index in [0.29, 0.717) is 13.1 Å². The predicted octanol–water partition coefficient (Wildman–Crippen LogP) is 6.16. The Labute approximate surface area is 257 Å². The van der Waals surface area contributed by atoms with E-state index in [4.69, 9.17) is 55.9 Å². The van der Waals surface area contributed by atoms with E-state index < -0.39 is 30.8 Å². The number of sulfonamides is 2. The van der Waals surface area contributed by atoms with E-state index in [1.165, 1.54) is 48.9 Å². The fraction of sp³-hybridized carbons (Fsp3) is 0.240. The van der Waals surface area contributed by atoms with Crippen LogP contribution in [0.3, 0.4) is 0 Å². The molecule has 3 aromatic rings. The summed E-state index contributed by atoms with van der Waals surface area (Å²) in [6.07, 6.45) is 1.51. The summed E-state index contributed by atoms with van der Waals surface area (Å²) in [6.45, 7) is 0.792. The van der Waals surface area contributed by atoms with Crippen LogP contribution < -0.4 is 19.5 Å². The Morgan fingerprint density at radius 2 is 1.44 bits per heavy atom. The van der Waals surface area contributed by atoms with Crippen molar-refractivity contribution in [2.75, 3.05) is 37.3 Å². The molecule has 0 bridgehead atoms. The molecule has 41 heavy (non-hydrogen) atoms. The molecule has 0 unspecified atom stereocenters. The molecule has 0 spiro atoms. The van der Waals surface area contributed by atoms with Gasteiger partial charge in [0.05, 0.1) is 56.1 Å². The molecule has 1 aliphatic heterocycles. The van der Waals surface area contributed by atoms with E-state index in [-0.39, 0.29) is 53.4 Å². The first kappa shape index (κ1) is 31.5. The summed E-state index contributed by atoms with van der Waals surface area (Å²) in [5.41, 5.74) is -0.290. The summed E-state index contributed by atoms with van der Waals surface area (Å²) < 4.78 is 66.7. The maximum Gasteiger partial charge on any atom is 0.263 e. The molecule has 0 aliphatic carbocycles. The SMILES string of the molecule is COc1cc(OC)c(NS(=O)(=O)c2cc(C(=O)Nc3cc(S(=O)(=O)N4CCCC4)ccc3Cl)c(Cl)cc2Cl)cc1Cl. The summed E-state index contributed by atoms with van der Waals surface area (Å²) in [6, 6.07) is 8.69. The van der Waals surface area contributed by atoms with Crippen molar-refractivity contribution < 1.29 is 31.1 Å². The molecule has 1 saturated heterocycles. The van der Waals surface area contributed by atoms with Gasteiger partial charge in [-0.05, 0) is 49.2 Å². The molecule has 0 saturated carbocycles. The van der Waals surface area contributed by atoms with Gasteiger partial charge in [0.1, 0.15) is 16.4 Å². The number of rotatable bonds is 9. The summed E-state index contributed by atoms with van der Waals surface area (Å²) in [5.74, 6) is -0.493. The molecule has 0 radical (unpaired) electrons. The maximum absolute atomic E-state index is 13.3. The second kappa shape index (κ2) is 12.4. The standard InChI is InChI=1S/C25H23Cl4N3O7S2/c1-38-22-13-23(39-2)21(12-18(22)28)31-40(34,35)24-10-15(17(27)11-19(24)29)25(33)30-20-9-14(5-6-16(20)26)41(36,37)32-7-3-4-8-32/h5-6,9-13,31H,3-4,7-8H2,1-2H3,(H,30,33). The Morgan fingerprint density at radius 1 is 0.780 bits per heavy atom. The lowest BCUT2D eigenvalue weighted by Crippen LogP contribution is -2.28. The molecule has 3 aromatic carbocycles. The zero-order valence-electron chi connectivity index (χ0n) is 21.5. The summed E-state index contributed by atoms with van der Waals surface area (Å²) in [4.78, 5) is 12.7. The Balaban J connectivity index is 1.66. The first-order valence-electron chi connectivity index (χ1n) is 11.8. The van der Waals surface area contributed by atoms with Gasteiger partial charge in [-0.15, -0.1) is 0 Å². The fourth-order valence-electron chi connectivity index (χ4n) is 4.08. The number of halogens is 4. The molecular weight excluding hydrogens is 660 g/mol. The number of methoxy groups -OCH3 is 2. The molecule has 1 fully saturated rings. The van der Waals surface area contributed by atoms with Gasteiger partial charge in [-0.3, -0.25) is 9.52 Å². The van der Waals surface area contributed by atoms with Gasteiger partial charge < -0.3 is 14.8 Å². The number of nitrogens with zero attached hydrogens (tertiary/aromatic N) is 1. The van der Waals surface area contributed by atoms with Crippen LogP contribution in [0.2, 0.25) is 20.1 Å². The highest BCUT2D eigenvalue weighted by molar-refractivity contribution is 7.92. The van der Waals surface area contributed by atoms with Gasteiger partial charge in [0.2, 0.25) is 10.0 Å². The van der Waals surface area contributed by atoms with Crippen LogP contribution in [-0.4, -0.2) is 54.4 Å². The Bertz CT molecular complexity index is 1730. The highest BCUT2D eigenvalue weighted by Crippen LogP contribution is 2.38. The van der Waals surface area contributed by atoms with E-state index in [2.05, 4.69) is 10.0 Å². The van der Waals surface area contributed by atoms with E-state index >= 15 is 0 Å². The monoisotopic (exact) mass is 681 g/mol. The molecule has 16 heteroatoms. The number of anilines is 2. The third-order valence-electron chi connectivity index (χ3n) is 6.16. The minimum atomic E-state index is -4.41. The zero-order chi connectivity index (χ0) is 30.1. The highest BCUT2D eigenvalue weighted by atomic mass is 35.5. The largest absolute Gasteiger partial charge is 0.495 e. The zero-order valence-corrected chi connectivity index (χ0v) is 26.2. The Kier molecular flexibility index (Phi) is 9.54. The van der Waals surface area contributed by atoms with Gasteiger partial charge >= 0.3 is 0 Å². The fourth-order valence-corrected chi connectivity index (χ4v) is 7.95. The second-order valence-corrected chi connectivity index (χ2v) is 14.0. The third kappa shape index (κ3) is 6.64. The molecule has 2 N–H and O–H groups in total. The molecule has 1 amide bonds. The van der Waals surface area contributed by atoms with Crippen LogP contribution in [0.25, 0.3) is 0 Å². The summed E-state index contributed by atoms with van der Waals surface area (Å²) in [7, 11) is -5.49. The van der Waals surface area contributed by atoms with E-state index in [9.17, 15) is 21.6 Å². The van der Waals surface area contributed by atoms with Gasteiger partial charge in [0.15, 0.2) is 0 Å². The first-order chi connectivity index (χ1) is 19.3. The number of carbonyl (C=O) groups is 1.